The van der Waals surface area contributed by atoms with Crippen LogP contribution >= 0.6 is 27.7 Å². The van der Waals surface area contributed by atoms with Crippen LogP contribution in [0.3, 0.4) is 0 Å². The van der Waals surface area contributed by atoms with Gasteiger partial charge in [-0.05, 0) is 18.2 Å². The largest absolute Gasteiger partial charge is 0.329 e. The molecule has 0 spiro atoms. The molecule has 0 aliphatic heterocycles. The average molecular weight is 321 g/mol. The Morgan fingerprint density at radius 3 is 2.94 bits per heavy atom. The zero-order chi connectivity index (χ0) is 12.8. The smallest absolute Gasteiger partial charge is 0.234 e. The van der Waals surface area contributed by atoms with Gasteiger partial charge in [-0.1, -0.05) is 22.9 Å². The van der Waals surface area contributed by atoms with Crippen LogP contribution in [0.1, 0.15) is 6.92 Å². The summed E-state index contributed by atoms with van der Waals surface area (Å²) in [5, 5.41) is 2.74. The second-order valence-electron chi connectivity index (χ2n) is 3.53. The first-order valence-corrected chi connectivity index (χ1v) is 6.93. The maximum Gasteiger partial charge on any atom is 0.234 e. The molecular formula is C11H14BrFN2OS. The number of carbonyl (C=O) groups excluding carboxylic acids is 1. The highest BCUT2D eigenvalue weighted by Gasteiger charge is 2.09. The SMILES string of the molecule is CC(CN)SCC(=O)Nc1ccc(Br)cc1F. The molecule has 1 unspecified atom stereocenters. The van der Waals surface area contributed by atoms with Crippen molar-refractivity contribution in [3.63, 3.8) is 0 Å². The van der Waals surface area contributed by atoms with Crippen molar-refractivity contribution in [1.82, 2.24) is 0 Å². The number of nitrogens with one attached hydrogen (secondary N) is 1. The molecule has 0 radical (unpaired) electrons. The van der Waals surface area contributed by atoms with Gasteiger partial charge in [-0.15, -0.1) is 11.8 Å². The van der Waals surface area contributed by atoms with Crippen LogP contribution in [0.2, 0.25) is 0 Å². The molecule has 1 aromatic rings. The van der Waals surface area contributed by atoms with Crippen LogP contribution in [0.15, 0.2) is 22.7 Å². The molecule has 0 heterocycles. The fourth-order valence-corrected chi connectivity index (χ4v) is 2.04. The molecule has 1 aromatic carbocycles. The van der Waals surface area contributed by atoms with Crippen molar-refractivity contribution in [3.8, 4) is 0 Å². The van der Waals surface area contributed by atoms with E-state index in [0.717, 1.165) is 0 Å². The topological polar surface area (TPSA) is 55.1 Å². The first-order valence-electron chi connectivity index (χ1n) is 5.09. The number of anilines is 1. The molecule has 3 N–H and O–H groups in total. The molecule has 1 rings (SSSR count). The summed E-state index contributed by atoms with van der Waals surface area (Å²) >= 11 is 4.59. The van der Waals surface area contributed by atoms with Crippen LogP contribution in [-0.2, 0) is 4.79 Å². The quantitative estimate of drug-likeness (QED) is 0.876. The molecule has 0 aromatic heterocycles. The van der Waals surface area contributed by atoms with Gasteiger partial charge in [0, 0.05) is 16.3 Å². The van der Waals surface area contributed by atoms with Crippen molar-refractivity contribution < 1.29 is 9.18 Å². The van der Waals surface area contributed by atoms with Crippen molar-refractivity contribution in [3.05, 3.63) is 28.5 Å². The van der Waals surface area contributed by atoms with E-state index in [4.69, 9.17) is 5.73 Å². The Kier molecular flexibility index (Phi) is 5.94. The van der Waals surface area contributed by atoms with E-state index in [1.54, 1.807) is 6.07 Å². The summed E-state index contributed by atoms with van der Waals surface area (Å²) in [4.78, 5) is 11.5. The molecule has 1 atom stereocenters. The number of amides is 1. The van der Waals surface area contributed by atoms with Crippen molar-refractivity contribution in [2.24, 2.45) is 5.73 Å². The Hall–Kier alpha value is -0.590. The Morgan fingerprint density at radius 2 is 2.35 bits per heavy atom. The Bertz CT molecular complexity index is 403. The third-order valence-corrected chi connectivity index (χ3v) is 3.72. The fraction of sp³-hybridized carbons (Fsp3) is 0.364. The molecule has 0 aliphatic carbocycles. The molecule has 1 amide bonds. The molecule has 94 valence electrons. The first-order chi connectivity index (χ1) is 8.02. The van der Waals surface area contributed by atoms with Crippen molar-refractivity contribution >= 4 is 39.3 Å². The summed E-state index contributed by atoms with van der Waals surface area (Å²) in [6.07, 6.45) is 0. The van der Waals surface area contributed by atoms with Gasteiger partial charge in [0.15, 0.2) is 0 Å². The van der Waals surface area contributed by atoms with Gasteiger partial charge in [0.1, 0.15) is 5.82 Å². The lowest BCUT2D eigenvalue weighted by Gasteiger charge is -2.09. The Balaban J connectivity index is 2.50. The van der Waals surface area contributed by atoms with Gasteiger partial charge in [0.2, 0.25) is 5.91 Å². The van der Waals surface area contributed by atoms with E-state index in [9.17, 15) is 9.18 Å². The number of carbonyl (C=O) groups is 1. The van der Waals surface area contributed by atoms with E-state index in [-0.39, 0.29) is 22.6 Å². The monoisotopic (exact) mass is 320 g/mol. The predicted molar refractivity (Wildman–Crippen MR) is 73.7 cm³/mol. The Labute approximate surface area is 112 Å². The lowest BCUT2D eigenvalue weighted by Crippen LogP contribution is -2.19. The molecular weight excluding hydrogens is 307 g/mol. The molecule has 0 fully saturated rings. The van der Waals surface area contributed by atoms with Crippen LogP contribution in [0.5, 0.6) is 0 Å². The van der Waals surface area contributed by atoms with Gasteiger partial charge in [0.05, 0.1) is 11.4 Å². The van der Waals surface area contributed by atoms with Crippen molar-refractivity contribution in [2.45, 2.75) is 12.2 Å². The van der Waals surface area contributed by atoms with E-state index in [1.165, 1.54) is 23.9 Å². The summed E-state index contributed by atoms with van der Waals surface area (Å²) in [6, 6.07) is 4.51. The predicted octanol–water partition coefficient (Wildman–Crippen LogP) is 2.61. The zero-order valence-electron chi connectivity index (χ0n) is 9.37. The maximum atomic E-state index is 13.4. The number of benzene rings is 1. The van der Waals surface area contributed by atoms with Crippen LogP contribution < -0.4 is 11.1 Å². The van der Waals surface area contributed by atoms with Crippen LogP contribution in [0, 0.1) is 5.82 Å². The minimum atomic E-state index is -0.454. The minimum absolute atomic E-state index is 0.194. The molecule has 0 saturated heterocycles. The lowest BCUT2D eigenvalue weighted by molar-refractivity contribution is -0.113. The molecule has 17 heavy (non-hydrogen) atoms. The molecule has 0 saturated carbocycles. The second kappa shape index (κ2) is 6.98. The number of halogens is 2. The molecule has 0 aliphatic rings. The van der Waals surface area contributed by atoms with Crippen LogP contribution in [-0.4, -0.2) is 23.5 Å². The Morgan fingerprint density at radius 1 is 1.65 bits per heavy atom. The second-order valence-corrected chi connectivity index (χ2v) is 5.87. The van der Waals surface area contributed by atoms with Gasteiger partial charge in [0.25, 0.3) is 0 Å². The summed E-state index contributed by atoms with van der Waals surface area (Å²) in [6.45, 7) is 2.46. The molecule has 0 bridgehead atoms. The van der Waals surface area contributed by atoms with E-state index in [1.807, 2.05) is 6.92 Å². The molecule has 3 nitrogen and oxygen atoms in total. The highest BCUT2D eigenvalue weighted by atomic mass is 79.9. The zero-order valence-corrected chi connectivity index (χ0v) is 11.8. The van der Waals surface area contributed by atoms with Gasteiger partial charge >= 0.3 is 0 Å². The number of thioether (sulfide) groups is 1. The summed E-state index contributed by atoms with van der Waals surface area (Å²) in [5.41, 5.74) is 5.63. The van der Waals surface area contributed by atoms with Gasteiger partial charge in [-0.3, -0.25) is 4.79 Å². The van der Waals surface area contributed by atoms with Gasteiger partial charge in [-0.25, -0.2) is 4.39 Å². The third kappa shape index (κ3) is 5.06. The highest BCUT2D eigenvalue weighted by molar-refractivity contribution is 9.10. The van der Waals surface area contributed by atoms with Crippen molar-refractivity contribution in [1.29, 1.82) is 0 Å². The standard InChI is InChI=1S/C11H14BrFN2OS/c1-7(5-14)17-6-11(16)15-10-3-2-8(12)4-9(10)13/h2-4,7H,5-6,14H2,1H3,(H,15,16). The summed E-state index contributed by atoms with van der Waals surface area (Å²) < 4.78 is 14.0. The fourth-order valence-electron chi connectivity index (χ4n) is 1.06. The normalized spacial score (nSPS) is 12.2. The van der Waals surface area contributed by atoms with Crippen molar-refractivity contribution in [2.75, 3.05) is 17.6 Å². The maximum absolute atomic E-state index is 13.4. The van der Waals surface area contributed by atoms with Gasteiger partial charge < -0.3 is 11.1 Å². The van der Waals surface area contributed by atoms with E-state index < -0.39 is 5.82 Å². The average Bonchev–Trinajstić information content (AvgIpc) is 2.29. The minimum Gasteiger partial charge on any atom is -0.329 e. The summed E-state index contributed by atoms with van der Waals surface area (Å²) in [5.74, 6) is -0.408. The highest BCUT2D eigenvalue weighted by Crippen LogP contribution is 2.19. The number of rotatable bonds is 5. The lowest BCUT2D eigenvalue weighted by atomic mass is 10.3. The first kappa shape index (κ1) is 14.5. The number of nitrogens with two attached hydrogens (primary N) is 1. The number of hydrogen-bond donors (Lipinski definition) is 2. The van der Waals surface area contributed by atoms with Gasteiger partial charge in [-0.2, -0.15) is 0 Å². The molecule has 6 heteroatoms. The van der Waals surface area contributed by atoms with E-state index in [0.29, 0.717) is 11.0 Å². The van der Waals surface area contributed by atoms with E-state index in [2.05, 4.69) is 21.2 Å². The number of hydrogen-bond acceptors (Lipinski definition) is 3. The summed E-state index contributed by atoms with van der Waals surface area (Å²) in [7, 11) is 0. The van der Waals surface area contributed by atoms with Crippen LogP contribution in [0.4, 0.5) is 10.1 Å². The van der Waals surface area contributed by atoms with E-state index >= 15 is 0 Å². The van der Waals surface area contributed by atoms with Crippen LogP contribution in [0.25, 0.3) is 0 Å². The third-order valence-electron chi connectivity index (χ3n) is 2.04.